The molecule has 1 unspecified atom stereocenters. The Morgan fingerprint density at radius 1 is 0.558 bits per heavy atom. The maximum atomic E-state index is 13.0. The molecule has 210 valence electrons. The first-order chi connectivity index (χ1) is 20.9. The minimum atomic E-state index is -0.820. The Hall–Kier alpha value is -5.68. The van der Waals surface area contributed by atoms with E-state index in [0.717, 1.165) is 51.5 Å². The van der Waals surface area contributed by atoms with E-state index in [1.807, 2.05) is 115 Å². The van der Waals surface area contributed by atoms with Crippen LogP contribution in [0.15, 0.2) is 127 Å². The van der Waals surface area contributed by atoms with Gasteiger partial charge in [-0.2, -0.15) is 0 Å². The van der Waals surface area contributed by atoms with Crippen LogP contribution in [0.4, 0.5) is 17.1 Å². The maximum Gasteiger partial charge on any atom is 0.151 e. The van der Waals surface area contributed by atoms with Gasteiger partial charge >= 0.3 is 0 Å². The second kappa shape index (κ2) is 11.3. The van der Waals surface area contributed by atoms with Crippen molar-refractivity contribution < 1.29 is 9.59 Å². The summed E-state index contributed by atoms with van der Waals surface area (Å²) >= 11 is 0. The molecular formula is C38H31N3O2. The number of anilines is 3. The average Bonchev–Trinajstić information content (AvgIpc) is 3.05. The molecule has 0 aromatic heterocycles. The first-order valence-corrected chi connectivity index (χ1v) is 14.1. The third kappa shape index (κ3) is 5.13. The van der Waals surface area contributed by atoms with Crippen LogP contribution in [0.2, 0.25) is 0 Å². The fourth-order valence-corrected chi connectivity index (χ4v) is 6.07. The lowest BCUT2D eigenvalue weighted by molar-refractivity contribution is 0.109. The lowest BCUT2D eigenvalue weighted by Gasteiger charge is -2.38. The van der Waals surface area contributed by atoms with E-state index in [9.17, 15) is 9.59 Å². The highest BCUT2D eigenvalue weighted by Gasteiger charge is 2.39. The molecule has 5 aromatic carbocycles. The minimum absolute atomic E-state index is 0.361. The lowest BCUT2D eigenvalue weighted by atomic mass is 9.64. The van der Waals surface area contributed by atoms with E-state index < -0.39 is 5.41 Å². The molecule has 1 atom stereocenters. The van der Waals surface area contributed by atoms with Gasteiger partial charge in [0.2, 0.25) is 0 Å². The monoisotopic (exact) mass is 561 g/mol. The summed E-state index contributed by atoms with van der Waals surface area (Å²) in [6, 6.07) is 36.8. The first kappa shape index (κ1) is 27.5. The molecule has 6 rings (SSSR count). The number of hydrogen-bond donors (Lipinski definition) is 3. The van der Waals surface area contributed by atoms with Crippen molar-refractivity contribution in [2.75, 3.05) is 17.2 Å². The Balaban J connectivity index is 1.67. The van der Waals surface area contributed by atoms with Gasteiger partial charge in [0.15, 0.2) is 12.6 Å². The molecule has 5 heteroatoms. The summed E-state index contributed by atoms with van der Waals surface area (Å²) in [5.41, 5.74) is 27.4. The Morgan fingerprint density at radius 3 is 1.70 bits per heavy atom. The van der Waals surface area contributed by atoms with Crippen molar-refractivity contribution in [1.82, 2.24) is 0 Å². The van der Waals surface area contributed by atoms with Crippen LogP contribution in [0.1, 0.15) is 49.4 Å². The van der Waals surface area contributed by atoms with Gasteiger partial charge in [-0.25, -0.2) is 0 Å². The van der Waals surface area contributed by atoms with Gasteiger partial charge in [-0.15, -0.1) is 0 Å². The van der Waals surface area contributed by atoms with E-state index in [2.05, 4.69) is 12.2 Å². The number of nitrogens with two attached hydrogens (primary N) is 3. The summed E-state index contributed by atoms with van der Waals surface area (Å²) in [5, 5.41) is 0. The number of carbonyl (C=O) groups is 2. The number of aldehydes is 2. The standard InChI is InChI=1S/C38H31N3O2/c39-31-12-6-25(7-13-31)28-20-29(26-8-14-32(40)15-9-26)22-38(21-28,30-10-16-33(41)17-11-30)37-19-18-34(27-4-2-1-3-5-27)35(23-42)36(37)24-43/h1-21,23-24H,22,39-41H2. The summed E-state index contributed by atoms with van der Waals surface area (Å²) in [6.45, 7) is 0. The zero-order valence-corrected chi connectivity index (χ0v) is 23.5. The second-order valence-corrected chi connectivity index (χ2v) is 10.9. The third-order valence-corrected chi connectivity index (χ3v) is 8.24. The van der Waals surface area contributed by atoms with Crippen LogP contribution in [0.25, 0.3) is 22.3 Å². The van der Waals surface area contributed by atoms with Crippen molar-refractivity contribution in [2.24, 2.45) is 0 Å². The molecule has 0 spiro atoms. The van der Waals surface area contributed by atoms with E-state index in [1.165, 1.54) is 0 Å². The molecule has 0 saturated carbocycles. The Kier molecular flexibility index (Phi) is 7.22. The van der Waals surface area contributed by atoms with Crippen molar-refractivity contribution in [1.29, 1.82) is 0 Å². The lowest BCUT2D eigenvalue weighted by Crippen LogP contribution is -2.30. The molecule has 5 aromatic rings. The predicted octanol–water partition coefficient (Wildman–Crippen LogP) is 7.58. The summed E-state index contributed by atoms with van der Waals surface area (Å²) in [7, 11) is 0. The van der Waals surface area contributed by atoms with Crippen LogP contribution in [0.5, 0.6) is 0 Å². The molecule has 1 aliphatic rings. The van der Waals surface area contributed by atoms with Gasteiger partial charge in [0, 0.05) is 33.6 Å². The quantitative estimate of drug-likeness (QED) is 0.140. The fraction of sp³-hybridized carbons (Fsp3) is 0.0526. The predicted molar refractivity (Wildman–Crippen MR) is 177 cm³/mol. The molecule has 0 saturated heterocycles. The van der Waals surface area contributed by atoms with Gasteiger partial charge in [0.05, 0.1) is 0 Å². The Labute approximate surface area is 251 Å². The molecule has 6 N–H and O–H groups in total. The molecule has 1 aliphatic carbocycles. The van der Waals surface area contributed by atoms with Gasteiger partial charge in [-0.3, -0.25) is 9.59 Å². The second-order valence-electron chi connectivity index (χ2n) is 10.9. The maximum absolute atomic E-state index is 13.0. The summed E-state index contributed by atoms with van der Waals surface area (Å²) in [4.78, 5) is 25.7. The highest BCUT2D eigenvalue weighted by molar-refractivity contribution is 6.00. The van der Waals surface area contributed by atoms with Crippen molar-refractivity contribution in [3.63, 3.8) is 0 Å². The Bertz CT molecular complexity index is 1870. The number of carbonyl (C=O) groups excluding carboxylic acids is 2. The molecule has 0 fully saturated rings. The molecule has 0 bridgehead atoms. The van der Waals surface area contributed by atoms with Gasteiger partial charge < -0.3 is 17.2 Å². The highest BCUT2D eigenvalue weighted by atomic mass is 16.1. The van der Waals surface area contributed by atoms with E-state index in [-0.39, 0.29) is 0 Å². The van der Waals surface area contributed by atoms with Crippen molar-refractivity contribution in [2.45, 2.75) is 11.8 Å². The molecule has 0 radical (unpaired) electrons. The SMILES string of the molecule is Nc1ccc(C2=CC(c3ccc(N)cc3)(c3ccc(-c4ccccc4)c(C=O)c3C=O)CC(c3ccc(N)cc3)=C2)cc1. The summed E-state index contributed by atoms with van der Waals surface area (Å²) in [6.07, 6.45) is 6.50. The first-order valence-electron chi connectivity index (χ1n) is 14.1. The zero-order valence-electron chi connectivity index (χ0n) is 23.5. The van der Waals surface area contributed by atoms with Gasteiger partial charge in [0.25, 0.3) is 0 Å². The zero-order chi connectivity index (χ0) is 30.0. The van der Waals surface area contributed by atoms with Crippen LogP contribution in [0.3, 0.4) is 0 Å². The van der Waals surface area contributed by atoms with E-state index in [0.29, 0.717) is 40.2 Å². The van der Waals surface area contributed by atoms with E-state index >= 15 is 0 Å². The van der Waals surface area contributed by atoms with Crippen molar-refractivity contribution >= 4 is 40.8 Å². The molecule has 5 nitrogen and oxygen atoms in total. The van der Waals surface area contributed by atoms with Gasteiger partial charge in [-0.05, 0) is 87.3 Å². The minimum Gasteiger partial charge on any atom is -0.399 e. The third-order valence-electron chi connectivity index (χ3n) is 8.24. The topological polar surface area (TPSA) is 112 Å². The molecule has 0 aliphatic heterocycles. The fourth-order valence-electron chi connectivity index (χ4n) is 6.07. The number of allylic oxidation sites excluding steroid dienone is 4. The normalized spacial score (nSPS) is 16.2. The van der Waals surface area contributed by atoms with Crippen LogP contribution >= 0.6 is 0 Å². The van der Waals surface area contributed by atoms with Gasteiger partial charge in [0.1, 0.15) is 0 Å². The van der Waals surface area contributed by atoms with E-state index in [4.69, 9.17) is 17.2 Å². The smallest absolute Gasteiger partial charge is 0.151 e. The van der Waals surface area contributed by atoms with E-state index in [1.54, 1.807) is 0 Å². The van der Waals surface area contributed by atoms with Crippen molar-refractivity contribution in [3.05, 3.63) is 161 Å². The summed E-state index contributed by atoms with van der Waals surface area (Å²) < 4.78 is 0. The average molecular weight is 562 g/mol. The van der Waals surface area contributed by atoms with Crippen LogP contribution < -0.4 is 17.2 Å². The Morgan fingerprint density at radius 2 is 1.12 bits per heavy atom. The van der Waals surface area contributed by atoms with Gasteiger partial charge in [-0.1, -0.05) is 91.0 Å². The number of hydrogen-bond acceptors (Lipinski definition) is 5. The van der Waals surface area contributed by atoms with Crippen LogP contribution in [0, 0.1) is 0 Å². The van der Waals surface area contributed by atoms with Crippen LogP contribution in [-0.2, 0) is 5.41 Å². The molecule has 43 heavy (non-hydrogen) atoms. The number of rotatable bonds is 7. The number of benzene rings is 5. The molecule has 0 amide bonds. The number of nitrogen functional groups attached to an aromatic ring is 3. The van der Waals surface area contributed by atoms with Crippen LogP contribution in [-0.4, -0.2) is 12.6 Å². The highest BCUT2D eigenvalue weighted by Crippen LogP contribution is 2.49. The largest absolute Gasteiger partial charge is 0.399 e. The van der Waals surface area contributed by atoms with Crippen molar-refractivity contribution in [3.8, 4) is 11.1 Å². The molecular weight excluding hydrogens is 530 g/mol. The summed E-state index contributed by atoms with van der Waals surface area (Å²) in [5.74, 6) is 0. The molecule has 0 heterocycles.